The summed E-state index contributed by atoms with van der Waals surface area (Å²) in [7, 11) is 1.40. The van der Waals surface area contributed by atoms with Gasteiger partial charge in [-0.1, -0.05) is 179 Å². The maximum Gasteiger partial charge on any atom is 2.00 e. The van der Waals surface area contributed by atoms with Crippen LogP contribution in [0, 0.1) is 13.0 Å². The average molecular weight is 995 g/mol. The second-order valence-electron chi connectivity index (χ2n) is 15.2. The normalized spacial score (nSPS) is 11.5. The predicted octanol–water partition coefficient (Wildman–Crippen LogP) is 11.1. The number of halogens is 2. The quantitative estimate of drug-likeness (QED) is 0.0781. The molecule has 0 aromatic heterocycles. The van der Waals surface area contributed by atoms with Crippen molar-refractivity contribution in [1.82, 2.24) is 0 Å². The molecule has 1 N–H and O–H groups in total. The van der Waals surface area contributed by atoms with E-state index in [0.29, 0.717) is 5.56 Å². The summed E-state index contributed by atoms with van der Waals surface area (Å²) in [5, 5.41) is 17.1. The van der Waals surface area contributed by atoms with Gasteiger partial charge in [0.1, 0.15) is 5.60 Å². The molecule has 9 aromatic carbocycles. The Kier molecular flexibility index (Phi) is 19.7. The van der Waals surface area contributed by atoms with Gasteiger partial charge in [0.15, 0.2) is 0 Å². The Labute approximate surface area is 418 Å². The summed E-state index contributed by atoms with van der Waals surface area (Å²) in [6, 6.07) is 73.6. The van der Waals surface area contributed by atoms with Crippen molar-refractivity contribution in [2.24, 2.45) is 0 Å². The molecule has 0 unspecified atom stereocenters. The second-order valence-corrected chi connectivity index (χ2v) is 16.1. The van der Waals surface area contributed by atoms with E-state index in [1.807, 2.05) is 121 Å². The van der Waals surface area contributed by atoms with E-state index in [1.165, 1.54) is 36.1 Å². The van der Waals surface area contributed by atoms with Crippen LogP contribution in [0.4, 0.5) is 0 Å². The molecule has 0 atom stereocenters. The van der Waals surface area contributed by atoms with Gasteiger partial charge in [0.25, 0.3) is 0 Å². The van der Waals surface area contributed by atoms with Crippen LogP contribution in [0.1, 0.15) is 45.5 Å². The zero-order chi connectivity index (χ0) is 43.9. The van der Waals surface area contributed by atoms with E-state index in [4.69, 9.17) is 9.47 Å². The van der Waals surface area contributed by atoms with Gasteiger partial charge in [-0.2, -0.15) is 36.4 Å². The number of fused-ring (bicyclic) bond motifs is 2. The molecular weight excluding hydrogens is 945 g/mol. The topological polar surface area (TPSA) is 55.8 Å². The van der Waals surface area contributed by atoms with E-state index in [2.05, 4.69) is 114 Å². The van der Waals surface area contributed by atoms with Gasteiger partial charge in [0, 0.05) is 23.2 Å². The average Bonchev–Trinajstić information content (AvgIpc) is 3.96. The Morgan fingerprint density at radius 1 is 0.585 bits per heavy atom. The molecule has 1 fully saturated rings. The number of hydrogen-bond acceptors (Lipinski definition) is 4. The molecule has 0 amide bonds. The van der Waals surface area contributed by atoms with E-state index < -0.39 is 5.60 Å². The fraction of sp³-hybridized carbons (Fsp3) is 0.121. The second kappa shape index (κ2) is 25.3. The van der Waals surface area contributed by atoms with Gasteiger partial charge < -0.3 is 31.6 Å². The maximum absolute atomic E-state index is 12.4. The van der Waals surface area contributed by atoms with Gasteiger partial charge in [-0.05, 0) is 99.0 Å². The summed E-state index contributed by atoms with van der Waals surface area (Å²) in [4.78, 5) is 12.0. The van der Waals surface area contributed by atoms with Gasteiger partial charge >= 0.3 is 29.0 Å². The molecule has 10 rings (SSSR count). The number of ether oxygens (including phenoxy) is 2. The van der Waals surface area contributed by atoms with E-state index in [-0.39, 0.29) is 46.0 Å². The number of carbonyl (C=O) groups excluding carboxylic acids is 1. The maximum atomic E-state index is 12.4. The summed E-state index contributed by atoms with van der Waals surface area (Å²) in [6.07, 6.45) is 2.56. The minimum Gasteiger partial charge on any atom is -1.00 e. The van der Waals surface area contributed by atoms with Crippen LogP contribution in [0.15, 0.2) is 217 Å². The van der Waals surface area contributed by atoms with Gasteiger partial charge in [0.2, 0.25) is 0 Å². The first kappa shape index (κ1) is 50.6. The van der Waals surface area contributed by atoms with Crippen LogP contribution in [-0.4, -0.2) is 54.5 Å². The van der Waals surface area contributed by atoms with Crippen LogP contribution < -0.4 is 17.0 Å². The smallest absolute Gasteiger partial charge is 1.00 e. The fourth-order valence-electron chi connectivity index (χ4n) is 7.66. The number of aliphatic hydroxyl groups is 1. The van der Waals surface area contributed by atoms with Crippen LogP contribution in [0.2, 0.25) is 0 Å². The Balaban J connectivity index is 0.000000200. The van der Waals surface area contributed by atoms with Crippen LogP contribution in [-0.2, 0) is 15.1 Å². The summed E-state index contributed by atoms with van der Waals surface area (Å²) in [6.45, 7) is 4.07. The minimum atomic E-state index is -1.27. The molecule has 7 heteroatoms. The molecule has 4 nitrogen and oxygen atoms in total. The first-order valence-electron chi connectivity index (χ1n) is 21.1. The first-order valence-corrected chi connectivity index (χ1v) is 21.9. The molecule has 1 heterocycles. The minimum absolute atomic E-state index is 0. The van der Waals surface area contributed by atoms with Gasteiger partial charge in [0.05, 0.1) is 12.7 Å². The molecule has 65 heavy (non-hydrogen) atoms. The molecule has 0 radical (unpaired) electrons. The number of methoxy groups -OCH3 is 1. The Hall–Kier alpha value is -5.38. The fourth-order valence-corrected chi connectivity index (χ4v) is 8.02. The van der Waals surface area contributed by atoms with E-state index in [0.717, 1.165) is 67.6 Å². The number of esters is 1. The number of aryl methyl sites for hydroxylation is 1. The Bertz CT molecular complexity index is 2790. The van der Waals surface area contributed by atoms with Crippen LogP contribution in [0.3, 0.4) is 0 Å². The molecule has 9 aromatic rings. The number of benzene rings is 9. The SMILES string of the molecule is C1CCOC1.COC(=O)c1cc(Br)ccc1-c1ccc2ccccc2c1.Cc1ccc(-c2ccc3ccccc3c2)c(C(O)(c2ccccc2)c2ccccc2)c1.[Br-].[Mg+2].[c-]1ccccc1. The van der Waals surface area contributed by atoms with E-state index >= 15 is 0 Å². The van der Waals surface area contributed by atoms with Crippen molar-refractivity contribution in [3.05, 3.63) is 251 Å². The third-order valence-electron chi connectivity index (χ3n) is 10.9. The molecule has 0 aliphatic carbocycles. The number of rotatable bonds is 6. The molecule has 1 aliphatic rings. The zero-order valence-electron chi connectivity index (χ0n) is 36.7. The van der Waals surface area contributed by atoms with Crippen molar-refractivity contribution in [3.63, 3.8) is 0 Å². The van der Waals surface area contributed by atoms with Gasteiger partial charge in [-0.15, -0.1) is 0 Å². The van der Waals surface area contributed by atoms with Crippen molar-refractivity contribution in [2.45, 2.75) is 25.4 Å². The third-order valence-corrected chi connectivity index (χ3v) is 11.4. The van der Waals surface area contributed by atoms with Crippen molar-refractivity contribution in [2.75, 3.05) is 20.3 Å². The molecule has 1 aliphatic heterocycles. The van der Waals surface area contributed by atoms with Crippen LogP contribution in [0.25, 0.3) is 43.8 Å². The summed E-state index contributed by atoms with van der Waals surface area (Å²) < 4.78 is 10.7. The third kappa shape index (κ3) is 13.1. The monoisotopic (exact) mass is 992 g/mol. The molecule has 1 saturated heterocycles. The Morgan fingerprint density at radius 3 is 1.52 bits per heavy atom. The Morgan fingerprint density at radius 2 is 1.06 bits per heavy atom. The van der Waals surface area contributed by atoms with Gasteiger partial charge in [-0.3, -0.25) is 0 Å². The van der Waals surface area contributed by atoms with E-state index in [1.54, 1.807) is 6.07 Å². The first-order chi connectivity index (χ1) is 30.8. The van der Waals surface area contributed by atoms with Crippen molar-refractivity contribution in [3.8, 4) is 22.3 Å². The predicted molar refractivity (Wildman–Crippen MR) is 269 cm³/mol. The molecule has 322 valence electrons. The van der Waals surface area contributed by atoms with Crippen molar-refractivity contribution in [1.29, 1.82) is 0 Å². The van der Waals surface area contributed by atoms with Crippen LogP contribution >= 0.6 is 15.9 Å². The molecule has 0 saturated carbocycles. The molecule has 0 bridgehead atoms. The largest absolute Gasteiger partial charge is 2.00 e. The van der Waals surface area contributed by atoms with Crippen LogP contribution in [0.5, 0.6) is 0 Å². The zero-order valence-corrected chi connectivity index (χ0v) is 41.3. The van der Waals surface area contributed by atoms with Crippen molar-refractivity contribution < 1.29 is 36.4 Å². The molecule has 0 spiro atoms. The van der Waals surface area contributed by atoms with E-state index in [9.17, 15) is 9.90 Å². The number of carbonyl (C=O) groups is 1. The summed E-state index contributed by atoms with van der Waals surface area (Å²) in [5.41, 5.74) is 7.01. The van der Waals surface area contributed by atoms with Gasteiger partial charge in [-0.25, -0.2) is 4.79 Å². The molecular formula is C58H50Br2MgO4. The standard InChI is InChI=1S/C30H24O.C18H13BrO2.C6H5.C4H8O.BrH.Mg/c1-22-16-19-28(25-18-17-23-10-8-9-11-24(23)21-25)29(20-22)30(31,26-12-4-2-5-13-26)27-14-6-3-7-15-27;1-21-18(20)17-11-15(19)8-9-16(17)14-7-6-12-4-2-3-5-13(12)10-14;1-2-4-6-5-3-1;1-2-4-5-3-1;;/h2-21,31H,1H3;2-11H,1H3;1-5H;1-4H2;1H;/q;;-1;;;+2/p-1. The van der Waals surface area contributed by atoms with Crippen molar-refractivity contribution >= 4 is 66.5 Å². The summed E-state index contributed by atoms with van der Waals surface area (Å²) >= 11 is 3.40. The number of hydrogen-bond donors (Lipinski definition) is 1. The summed E-state index contributed by atoms with van der Waals surface area (Å²) in [5.74, 6) is -0.334.